The van der Waals surface area contributed by atoms with Gasteiger partial charge in [0.05, 0.1) is 25.7 Å². The second kappa shape index (κ2) is 14.6. The second-order valence-electron chi connectivity index (χ2n) is 9.43. The van der Waals surface area contributed by atoms with E-state index in [1.165, 1.54) is 35.2 Å². The van der Waals surface area contributed by atoms with Gasteiger partial charge in [-0.1, -0.05) is 84.5 Å². The molecule has 0 saturated carbocycles. The first-order valence-corrected chi connectivity index (χ1v) is 15.9. The van der Waals surface area contributed by atoms with Gasteiger partial charge in [0.2, 0.25) is 11.8 Å². The number of anilines is 1. The molecule has 2 amide bonds. The van der Waals surface area contributed by atoms with E-state index in [-0.39, 0.29) is 45.5 Å². The molecule has 7 nitrogen and oxygen atoms in total. The van der Waals surface area contributed by atoms with Gasteiger partial charge in [0.15, 0.2) is 0 Å². The van der Waals surface area contributed by atoms with Crippen molar-refractivity contribution >= 4 is 73.9 Å². The molecule has 0 heterocycles. The highest BCUT2D eigenvalue weighted by Gasteiger charge is 2.34. The van der Waals surface area contributed by atoms with Crippen LogP contribution in [0.4, 0.5) is 5.69 Å². The molecule has 1 N–H and O–H groups in total. The van der Waals surface area contributed by atoms with E-state index >= 15 is 0 Å². The van der Waals surface area contributed by atoms with Crippen LogP contribution in [-0.4, -0.2) is 43.8 Å². The summed E-state index contributed by atoms with van der Waals surface area (Å²) in [5, 5.41) is 3.90. The third-order valence-corrected chi connectivity index (χ3v) is 9.56. The van der Waals surface area contributed by atoms with Crippen molar-refractivity contribution in [3.8, 4) is 0 Å². The van der Waals surface area contributed by atoms with Gasteiger partial charge in [0, 0.05) is 17.6 Å². The van der Waals surface area contributed by atoms with Crippen molar-refractivity contribution in [2.75, 3.05) is 10.8 Å². The summed E-state index contributed by atoms with van der Waals surface area (Å²) < 4.78 is 28.7. The fraction of sp³-hybridized carbons (Fsp3) is 0.310. The maximum atomic E-state index is 14.1. The Morgan fingerprint density at radius 1 is 0.854 bits per heavy atom. The lowest BCUT2D eigenvalue weighted by Crippen LogP contribution is -2.53. The molecule has 0 aromatic heterocycles. The van der Waals surface area contributed by atoms with Crippen molar-refractivity contribution in [1.29, 1.82) is 0 Å². The number of hydrogen-bond donors (Lipinski definition) is 1. The van der Waals surface area contributed by atoms with Gasteiger partial charge >= 0.3 is 0 Å². The van der Waals surface area contributed by atoms with E-state index in [1.807, 2.05) is 13.8 Å². The van der Waals surface area contributed by atoms with Crippen LogP contribution in [0.3, 0.4) is 0 Å². The Kier molecular flexibility index (Phi) is 11.8. The number of hydrogen-bond acceptors (Lipinski definition) is 4. The summed E-state index contributed by atoms with van der Waals surface area (Å²) in [5.74, 6) is -0.968. The summed E-state index contributed by atoms with van der Waals surface area (Å²) in [7, 11) is -4.26. The van der Waals surface area contributed by atoms with E-state index in [1.54, 1.807) is 43.3 Å². The van der Waals surface area contributed by atoms with Gasteiger partial charge in [0.1, 0.15) is 12.6 Å². The van der Waals surface area contributed by atoms with Gasteiger partial charge in [-0.15, -0.1) is 0 Å². The van der Waals surface area contributed by atoms with Crippen LogP contribution in [0.5, 0.6) is 0 Å². The monoisotopic (exact) mass is 657 g/mol. The third-order valence-electron chi connectivity index (χ3n) is 6.51. The number of carbonyl (C=O) groups is 2. The van der Waals surface area contributed by atoms with Crippen LogP contribution in [0.15, 0.2) is 71.6 Å². The number of sulfonamides is 1. The zero-order valence-electron chi connectivity index (χ0n) is 22.8. The normalized spacial score (nSPS) is 12.9. The molecule has 0 fully saturated rings. The first kappa shape index (κ1) is 33.0. The van der Waals surface area contributed by atoms with E-state index in [2.05, 4.69) is 5.32 Å². The highest BCUT2D eigenvalue weighted by Crippen LogP contribution is 2.33. The Balaban J connectivity index is 2.10. The minimum atomic E-state index is -4.26. The number of nitrogens with one attached hydrogen (secondary N) is 1. The Bertz CT molecular complexity index is 1490. The summed E-state index contributed by atoms with van der Waals surface area (Å²) in [6.45, 7) is 4.94. The molecule has 3 aromatic carbocycles. The Morgan fingerprint density at radius 3 is 2.12 bits per heavy atom. The average Bonchev–Trinajstić information content (AvgIpc) is 2.94. The van der Waals surface area contributed by atoms with E-state index in [4.69, 9.17) is 46.4 Å². The lowest BCUT2D eigenvalue weighted by molar-refractivity contribution is -0.140. The van der Waals surface area contributed by atoms with E-state index < -0.39 is 28.5 Å². The SMILES string of the molecule is CC[C@@H](C)NC(=O)[C@H](CC)N(Cc1ccc(Cl)c(Cl)c1)C(=O)CN(c1ccc(Cl)cc1Cl)S(=O)(=O)c1ccccc1. The zero-order valence-corrected chi connectivity index (χ0v) is 26.6. The first-order valence-electron chi connectivity index (χ1n) is 13.0. The van der Waals surface area contributed by atoms with Gasteiger partial charge in [-0.05, 0) is 67.8 Å². The fourth-order valence-electron chi connectivity index (χ4n) is 4.11. The molecule has 220 valence electrons. The zero-order chi connectivity index (χ0) is 30.3. The summed E-state index contributed by atoms with van der Waals surface area (Å²) in [6.07, 6.45) is 0.976. The van der Waals surface area contributed by atoms with Crippen molar-refractivity contribution in [1.82, 2.24) is 10.2 Å². The minimum Gasteiger partial charge on any atom is -0.352 e. The topological polar surface area (TPSA) is 86.8 Å². The predicted molar refractivity (Wildman–Crippen MR) is 166 cm³/mol. The molecule has 3 rings (SSSR count). The molecule has 3 aromatic rings. The quantitative estimate of drug-likeness (QED) is 0.223. The number of carbonyl (C=O) groups excluding carboxylic acids is 2. The summed E-state index contributed by atoms with van der Waals surface area (Å²) in [4.78, 5) is 28.8. The molecule has 0 bridgehead atoms. The first-order chi connectivity index (χ1) is 19.4. The van der Waals surface area contributed by atoms with Crippen LogP contribution in [0.1, 0.15) is 39.2 Å². The van der Waals surface area contributed by atoms with E-state index in [9.17, 15) is 18.0 Å². The van der Waals surface area contributed by atoms with Crippen molar-refractivity contribution in [3.05, 3.63) is 92.4 Å². The number of benzene rings is 3. The van der Waals surface area contributed by atoms with Gasteiger partial charge in [-0.2, -0.15) is 0 Å². The molecule has 0 radical (unpaired) electrons. The van der Waals surface area contributed by atoms with E-state index in [0.717, 1.165) is 4.31 Å². The predicted octanol–water partition coefficient (Wildman–Crippen LogP) is 7.22. The number of amides is 2. The number of halogens is 4. The molecule has 0 aliphatic carbocycles. The molecule has 0 aliphatic rings. The molecule has 0 spiro atoms. The van der Waals surface area contributed by atoms with Crippen LogP contribution in [0, 0.1) is 0 Å². The summed E-state index contributed by atoms with van der Waals surface area (Å²) in [6, 6.07) is 15.9. The molecule has 2 atom stereocenters. The third kappa shape index (κ3) is 8.30. The lowest BCUT2D eigenvalue weighted by Gasteiger charge is -2.34. The van der Waals surface area contributed by atoms with Crippen molar-refractivity contribution < 1.29 is 18.0 Å². The maximum absolute atomic E-state index is 14.1. The van der Waals surface area contributed by atoms with Crippen molar-refractivity contribution in [2.45, 2.75) is 57.1 Å². The van der Waals surface area contributed by atoms with Crippen molar-refractivity contribution in [2.24, 2.45) is 0 Å². The Hall–Kier alpha value is -2.49. The molecular weight excluding hydrogens is 628 g/mol. The smallest absolute Gasteiger partial charge is 0.264 e. The molecule has 0 unspecified atom stereocenters. The van der Waals surface area contributed by atoms with Gasteiger partial charge < -0.3 is 10.2 Å². The average molecular weight is 659 g/mol. The molecule has 0 saturated heterocycles. The molecule has 12 heteroatoms. The van der Waals surface area contributed by atoms with Gasteiger partial charge in [-0.25, -0.2) is 8.42 Å². The summed E-state index contributed by atoms with van der Waals surface area (Å²) in [5.41, 5.74) is 0.685. The van der Waals surface area contributed by atoms with Crippen LogP contribution in [0.2, 0.25) is 20.1 Å². The highest BCUT2D eigenvalue weighted by molar-refractivity contribution is 7.92. The minimum absolute atomic E-state index is 0.0181. The molecule has 0 aliphatic heterocycles. The maximum Gasteiger partial charge on any atom is 0.264 e. The molecular formula is C29H31Cl4N3O4S. The van der Waals surface area contributed by atoms with E-state index in [0.29, 0.717) is 22.0 Å². The second-order valence-corrected chi connectivity index (χ2v) is 13.0. The Morgan fingerprint density at radius 2 is 1.54 bits per heavy atom. The Labute approximate surface area is 261 Å². The van der Waals surface area contributed by atoms with Gasteiger partial charge in [-0.3, -0.25) is 13.9 Å². The van der Waals surface area contributed by atoms with Crippen LogP contribution in [0.25, 0.3) is 0 Å². The van der Waals surface area contributed by atoms with Crippen LogP contribution in [-0.2, 0) is 26.2 Å². The van der Waals surface area contributed by atoms with Crippen molar-refractivity contribution in [3.63, 3.8) is 0 Å². The fourth-order valence-corrected chi connectivity index (χ4v) is 6.45. The largest absolute Gasteiger partial charge is 0.352 e. The van der Waals surface area contributed by atoms with Gasteiger partial charge in [0.25, 0.3) is 10.0 Å². The molecule has 41 heavy (non-hydrogen) atoms. The number of nitrogens with zero attached hydrogens (tertiary/aromatic N) is 2. The van der Waals surface area contributed by atoms with Crippen LogP contribution < -0.4 is 9.62 Å². The standard InChI is InChI=1S/C29H31Cl4N3O4S/c1-4-19(3)34-29(38)26(5-2)35(17-20-11-13-23(31)24(32)15-20)28(37)18-36(27-14-12-21(30)16-25(27)33)41(39,40)22-9-7-6-8-10-22/h6-16,19,26H,4-5,17-18H2,1-3H3,(H,34,38)/t19-,26+/m1/s1. The number of rotatable bonds is 12. The summed E-state index contributed by atoms with van der Waals surface area (Å²) >= 11 is 24.9. The lowest BCUT2D eigenvalue weighted by atomic mass is 10.1. The van der Waals surface area contributed by atoms with Crippen LogP contribution >= 0.6 is 46.4 Å². The highest BCUT2D eigenvalue weighted by atomic mass is 35.5.